The van der Waals surface area contributed by atoms with Crippen LogP contribution in [0.1, 0.15) is 37.5 Å². The summed E-state index contributed by atoms with van der Waals surface area (Å²) in [4.78, 5) is 15.4. The van der Waals surface area contributed by atoms with E-state index < -0.39 is 10.8 Å². The molecule has 0 spiro atoms. The highest BCUT2D eigenvalue weighted by Crippen LogP contribution is 2.31. The number of nitrogens with zero attached hydrogens (tertiary/aromatic N) is 1. The normalized spacial score (nSPS) is 19.5. The van der Waals surface area contributed by atoms with E-state index in [0.717, 1.165) is 31.4 Å². The fourth-order valence-corrected chi connectivity index (χ4v) is 3.64. The molecule has 1 aliphatic heterocycles. The molecule has 24 heavy (non-hydrogen) atoms. The minimum absolute atomic E-state index is 0.0361. The third-order valence-corrected chi connectivity index (χ3v) is 5.22. The molecule has 2 aromatic rings. The first kappa shape index (κ1) is 16.8. The molecule has 1 aromatic carbocycles. The van der Waals surface area contributed by atoms with Crippen molar-refractivity contribution in [2.24, 2.45) is 0 Å². The Morgan fingerprint density at radius 3 is 2.88 bits per heavy atom. The SMILES string of the molecule is C[S@](=O)c1cccc(NC(=O)N2CCCCC[C@H]2c2ccco2)c1. The highest BCUT2D eigenvalue weighted by atomic mass is 32.2. The molecule has 2 heterocycles. The number of carbonyl (C=O) groups excluding carboxylic acids is 1. The minimum atomic E-state index is -1.07. The van der Waals surface area contributed by atoms with E-state index in [1.165, 1.54) is 0 Å². The number of amides is 2. The Morgan fingerprint density at radius 1 is 1.25 bits per heavy atom. The van der Waals surface area contributed by atoms with Gasteiger partial charge in [0.1, 0.15) is 5.76 Å². The maximum Gasteiger partial charge on any atom is 0.322 e. The zero-order valence-electron chi connectivity index (χ0n) is 13.7. The van der Waals surface area contributed by atoms with Gasteiger partial charge in [-0.15, -0.1) is 0 Å². The van der Waals surface area contributed by atoms with Crippen molar-refractivity contribution in [2.75, 3.05) is 18.1 Å². The largest absolute Gasteiger partial charge is 0.467 e. The van der Waals surface area contributed by atoms with Crippen LogP contribution in [-0.4, -0.2) is 27.9 Å². The third-order valence-electron chi connectivity index (χ3n) is 4.30. The van der Waals surface area contributed by atoms with Crippen LogP contribution in [-0.2, 0) is 10.8 Å². The second kappa shape index (κ2) is 7.66. The molecule has 5 nitrogen and oxygen atoms in total. The number of anilines is 1. The van der Waals surface area contributed by atoms with Crippen molar-refractivity contribution in [1.82, 2.24) is 4.90 Å². The maximum atomic E-state index is 12.8. The minimum Gasteiger partial charge on any atom is -0.467 e. The van der Waals surface area contributed by atoms with Crippen LogP contribution in [0.2, 0.25) is 0 Å². The molecule has 0 unspecified atom stereocenters. The topological polar surface area (TPSA) is 62.6 Å². The van der Waals surface area contributed by atoms with E-state index in [4.69, 9.17) is 4.42 Å². The summed E-state index contributed by atoms with van der Waals surface area (Å²) in [5.41, 5.74) is 0.662. The lowest BCUT2D eigenvalue weighted by Gasteiger charge is -2.28. The Morgan fingerprint density at radius 2 is 2.12 bits per heavy atom. The molecule has 0 bridgehead atoms. The van der Waals surface area contributed by atoms with Gasteiger partial charge in [-0.2, -0.15) is 0 Å². The van der Waals surface area contributed by atoms with E-state index in [0.29, 0.717) is 17.1 Å². The number of hydrogen-bond donors (Lipinski definition) is 1. The predicted octanol–water partition coefficient (Wildman–Crippen LogP) is 4.17. The average molecular weight is 346 g/mol. The van der Waals surface area contributed by atoms with Crippen molar-refractivity contribution in [3.8, 4) is 0 Å². The lowest BCUT2D eigenvalue weighted by atomic mass is 10.1. The van der Waals surface area contributed by atoms with Gasteiger partial charge in [0.25, 0.3) is 0 Å². The number of hydrogen-bond acceptors (Lipinski definition) is 3. The van der Waals surface area contributed by atoms with Crippen LogP contribution in [0.3, 0.4) is 0 Å². The number of furan rings is 1. The number of benzene rings is 1. The molecule has 1 aromatic heterocycles. The fraction of sp³-hybridized carbons (Fsp3) is 0.389. The van der Waals surface area contributed by atoms with Crippen LogP contribution in [0.5, 0.6) is 0 Å². The summed E-state index contributed by atoms with van der Waals surface area (Å²) in [6, 6.07) is 10.8. The van der Waals surface area contributed by atoms with Crippen LogP contribution in [0.4, 0.5) is 10.5 Å². The second-order valence-electron chi connectivity index (χ2n) is 5.99. The van der Waals surface area contributed by atoms with Crippen LogP contribution in [0.15, 0.2) is 52.0 Å². The first-order valence-electron chi connectivity index (χ1n) is 8.19. The molecule has 1 saturated heterocycles. The van der Waals surface area contributed by atoms with Gasteiger partial charge in [-0.05, 0) is 43.2 Å². The molecule has 1 fully saturated rings. The average Bonchev–Trinajstić information content (AvgIpc) is 2.99. The molecule has 2 amide bonds. The summed E-state index contributed by atoms with van der Waals surface area (Å²) in [6.45, 7) is 0.705. The number of nitrogens with one attached hydrogen (secondary N) is 1. The van der Waals surface area contributed by atoms with E-state index >= 15 is 0 Å². The summed E-state index contributed by atoms with van der Waals surface area (Å²) in [5, 5.41) is 2.94. The highest BCUT2D eigenvalue weighted by molar-refractivity contribution is 7.84. The molecule has 0 radical (unpaired) electrons. The zero-order chi connectivity index (χ0) is 16.9. The van der Waals surface area contributed by atoms with E-state index in [-0.39, 0.29) is 12.1 Å². The smallest absolute Gasteiger partial charge is 0.322 e. The fourth-order valence-electron chi connectivity index (χ4n) is 3.08. The second-order valence-corrected chi connectivity index (χ2v) is 7.37. The Hall–Kier alpha value is -2.08. The third kappa shape index (κ3) is 3.87. The van der Waals surface area contributed by atoms with Crippen molar-refractivity contribution in [3.05, 3.63) is 48.4 Å². The quantitative estimate of drug-likeness (QED) is 0.907. The van der Waals surface area contributed by atoms with Crippen LogP contribution < -0.4 is 5.32 Å². The van der Waals surface area contributed by atoms with E-state index in [9.17, 15) is 9.00 Å². The molecule has 6 heteroatoms. The van der Waals surface area contributed by atoms with E-state index in [2.05, 4.69) is 5.32 Å². The standard InChI is InChI=1S/C18H22N2O3S/c1-24(22)15-8-5-7-14(13-15)19-18(21)20-11-4-2-3-9-16(20)17-10-6-12-23-17/h5-8,10,12-13,16H,2-4,9,11H2,1H3,(H,19,21)/t16-,24-/m0/s1. The van der Waals surface area contributed by atoms with Crippen molar-refractivity contribution in [2.45, 2.75) is 36.6 Å². The Bertz CT molecular complexity index is 715. The maximum absolute atomic E-state index is 12.8. The first-order valence-corrected chi connectivity index (χ1v) is 9.75. The van der Waals surface area contributed by atoms with Crippen LogP contribution in [0.25, 0.3) is 0 Å². The van der Waals surface area contributed by atoms with Crippen molar-refractivity contribution in [3.63, 3.8) is 0 Å². The molecular weight excluding hydrogens is 324 g/mol. The molecule has 0 aliphatic carbocycles. The Labute approximate surface area is 144 Å². The molecule has 2 atom stereocenters. The van der Waals surface area contributed by atoms with Gasteiger partial charge in [-0.25, -0.2) is 4.79 Å². The highest BCUT2D eigenvalue weighted by Gasteiger charge is 2.28. The van der Waals surface area contributed by atoms with E-state index in [1.54, 1.807) is 30.7 Å². The van der Waals surface area contributed by atoms with Gasteiger partial charge < -0.3 is 14.6 Å². The zero-order valence-corrected chi connectivity index (χ0v) is 14.6. The van der Waals surface area contributed by atoms with Crippen molar-refractivity contribution < 1.29 is 13.4 Å². The van der Waals surface area contributed by atoms with Crippen molar-refractivity contribution >= 4 is 22.5 Å². The Balaban J connectivity index is 1.78. The van der Waals surface area contributed by atoms with Gasteiger partial charge >= 0.3 is 6.03 Å². The summed E-state index contributed by atoms with van der Waals surface area (Å²) in [6.07, 6.45) is 7.37. The molecule has 1 aliphatic rings. The van der Waals surface area contributed by atoms with Crippen LogP contribution in [0, 0.1) is 0 Å². The van der Waals surface area contributed by atoms with Gasteiger partial charge in [-0.3, -0.25) is 4.21 Å². The number of likely N-dealkylation sites (tertiary alicyclic amines) is 1. The summed E-state index contributed by atoms with van der Waals surface area (Å²) in [5.74, 6) is 0.829. The molecule has 1 N–H and O–H groups in total. The Kier molecular flexibility index (Phi) is 5.35. The summed E-state index contributed by atoms with van der Waals surface area (Å²) in [7, 11) is -1.07. The number of carbonyl (C=O) groups is 1. The number of rotatable bonds is 3. The van der Waals surface area contributed by atoms with Crippen LogP contribution >= 0.6 is 0 Å². The monoisotopic (exact) mass is 346 g/mol. The molecular formula is C18H22N2O3S. The van der Waals surface area contributed by atoms with Crippen molar-refractivity contribution in [1.29, 1.82) is 0 Å². The van der Waals surface area contributed by atoms with Gasteiger partial charge in [0, 0.05) is 34.2 Å². The van der Waals surface area contributed by atoms with Gasteiger partial charge in [0.05, 0.1) is 12.3 Å². The molecule has 3 rings (SSSR count). The molecule has 0 saturated carbocycles. The number of urea groups is 1. The van der Waals surface area contributed by atoms with Gasteiger partial charge in [0.15, 0.2) is 0 Å². The summed E-state index contributed by atoms with van der Waals surface area (Å²) < 4.78 is 17.2. The van der Waals surface area contributed by atoms with Gasteiger partial charge in [-0.1, -0.05) is 18.9 Å². The summed E-state index contributed by atoms with van der Waals surface area (Å²) >= 11 is 0. The molecule has 128 valence electrons. The lowest BCUT2D eigenvalue weighted by molar-refractivity contribution is 0.179. The first-order chi connectivity index (χ1) is 11.6. The van der Waals surface area contributed by atoms with E-state index in [1.807, 2.05) is 23.1 Å². The lowest BCUT2D eigenvalue weighted by Crippen LogP contribution is -2.37. The predicted molar refractivity (Wildman–Crippen MR) is 94.4 cm³/mol. The van der Waals surface area contributed by atoms with Gasteiger partial charge in [0.2, 0.25) is 0 Å².